The molecule has 0 saturated carbocycles. The Bertz CT molecular complexity index is 369. The number of aromatic nitrogens is 2. The molecule has 0 spiro atoms. The van der Waals surface area contributed by atoms with Crippen molar-refractivity contribution in [1.82, 2.24) is 9.36 Å². The van der Waals surface area contributed by atoms with E-state index >= 15 is 0 Å². The highest BCUT2D eigenvalue weighted by atomic mass is 32.1. The van der Waals surface area contributed by atoms with Gasteiger partial charge in [-0.3, -0.25) is 0 Å². The van der Waals surface area contributed by atoms with Crippen LogP contribution in [0.25, 0.3) is 0 Å². The second kappa shape index (κ2) is 5.29. The predicted molar refractivity (Wildman–Crippen MR) is 67.4 cm³/mol. The Kier molecular flexibility index (Phi) is 3.96. The minimum atomic E-state index is 0.0695. The van der Waals surface area contributed by atoms with Crippen molar-refractivity contribution in [1.29, 1.82) is 0 Å². The van der Waals surface area contributed by atoms with Gasteiger partial charge in [-0.05, 0) is 6.42 Å². The number of anilines is 1. The third kappa shape index (κ3) is 2.59. The highest BCUT2D eigenvalue weighted by molar-refractivity contribution is 7.09. The van der Waals surface area contributed by atoms with Crippen LogP contribution in [0.15, 0.2) is 0 Å². The lowest BCUT2D eigenvalue weighted by Gasteiger charge is -2.21. The molecule has 96 valence electrons. The second-order valence-electron chi connectivity index (χ2n) is 4.86. The van der Waals surface area contributed by atoms with E-state index in [0.717, 1.165) is 23.9 Å². The molecule has 1 aromatic heterocycles. The van der Waals surface area contributed by atoms with Gasteiger partial charge in [-0.15, -0.1) is 0 Å². The molecular formula is C11H19N3O2S. The molecule has 2 atom stereocenters. The zero-order chi connectivity index (χ0) is 12.4. The summed E-state index contributed by atoms with van der Waals surface area (Å²) in [6.45, 7) is 5.16. The van der Waals surface area contributed by atoms with E-state index in [1.165, 1.54) is 11.5 Å². The van der Waals surface area contributed by atoms with Gasteiger partial charge in [0, 0.05) is 36.5 Å². The van der Waals surface area contributed by atoms with Gasteiger partial charge in [0.1, 0.15) is 5.82 Å². The Morgan fingerprint density at radius 3 is 2.71 bits per heavy atom. The van der Waals surface area contributed by atoms with Gasteiger partial charge in [0.15, 0.2) is 0 Å². The normalized spacial score (nSPS) is 24.9. The summed E-state index contributed by atoms with van der Waals surface area (Å²) in [7, 11) is 0. The van der Waals surface area contributed by atoms with Crippen molar-refractivity contribution in [3.05, 3.63) is 5.82 Å². The molecule has 6 heteroatoms. The highest BCUT2D eigenvalue weighted by Crippen LogP contribution is 2.30. The minimum absolute atomic E-state index is 0.0695. The number of aliphatic hydroxyl groups excluding tert-OH is 2. The zero-order valence-electron chi connectivity index (χ0n) is 10.2. The second-order valence-corrected chi connectivity index (χ2v) is 5.59. The van der Waals surface area contributed by atoms with Gasteiger partial charge in [-0.1, -0.05) is 13.8 Å². The van der Waals surface area contributed by atoms with Crippen LogP contribution in [0.1, 0.15) is 32.0 Å². The van der Waals surface area contributed by atoms with Crippen molar-refractivity contribution >= 4 is 16.7 Å². The predicted octanol–water partition coefficient (Wildman–Crippen LogP) is 0.841. The molecule has 2 unspecified atom stereocenters. The monoisotopic (exact) mass is 257 g/mol. The molecule has 0 bridgehead atoms. The fourth-order valence-electron chi connectivity index (χ4n) is 2.13. The van der Waals surface area contributed by atoms with Crippen molar-refractivity contribution in [3.8, 4) is 0 Å². The Balaban J connectivity index is 2.14. The maximum atomic E-state index is 9.36. The molecule has 0 aliphatic carbocycles. The highest BCUT2D eigenvalue weighted by Gasteiger charge is 2.33. The largest absolute Gasteiger partial charge is 0.396 e. The van der Waals surface area contributed by atoms with Crippen LogP contribution in [0, 0.1) is 5.92 Å². The van der Waals surface area contributed by atoms with E-state index in [1.54, 1.807) is 0 Å². The van der Waals surface area contributed by atoms with Crippen molar-refractivity contribution in [2.45, 2.75) is 32.2 Å². The molecule has 1 aliphatic rings. The summed E-state index contributed by atoms with van der Waals surface area (Å²) in [6, 6.07) is 0.0695. The van der Waals surface area contributed by atoms with Crippen LogP contribution in [0.5, 0.6) is 0 Å². The first kappa shape index (κ1) is 12.7. The van der Waals surface area contributed by atoms with E-state index in [1.807, 2.05) is 0 Å². The number of hydrogen-bond donors (Lipinski definition) is 2. The van der Waals surface area contributed by atoms with Crippen LogP contribution in [-0.2, 0) is 0 Å². The lowest BCUT2D eigenvalue weighted by molar-refractivity contribution is 0.224. The number of aliphatic hydroxyl groups is 2. The zero-order valence-corrected chi connectivity index (χ0v) is 11.0. The fourth-order valence-corrected chi connectivity index (χ4v) is 3.02. The van der Waals surface area contributed by atoms with Crippen molar-refractivity contribution < 1.29 is 10.2 Å². The summed E-state index contributed by atoms with van der Waals surface area (Å²) < 4.78 is 4.32. The van der Waals surface area contributed by atoms with Crippen LogP contribution >= 0.6 is 11.5 Å². The Morgan fingerprint density at radius 1 is 1.41 bits per heavy atom. The summed E-state index contributed by atoms with van der Waals surface area (Å²) in [5.41, 5.74) is 0. The maximum Gasteiger partial charge on any atom is 0.205 e. The summed E-state index contributed by atoms with van der Waals surface area (Å²) in [5, 5.41) is 19.4. The quantitative estimate of drug-likeness (QED) is 0.836. The van der Waals surface area contributed by atoms with Gasteiger partial charge < -0.3 is 15.1 Å². The third-order valence-electron chi connectivity index (χ3n) is 3.16. The van der Waals surface area contributed by atoms with Crippen LogP contribution in [0.3, 0.4) is 0 Å². The average molecular weight is 257 g/mol. The molecule has 0 radical (unpaired) electrons. The molecule has 2 heterocycles. The third-order valence-corrected chi connectivity index (χ3v) is 3.93. The SMILES string of the molecule is CC(C)c1nsc(N2CC(CO)CC2CO)n1. The van der Waals surface area contributed by atoms with Gasteiger partial charge in [0.2, 0.25) is 5.13 Å². The molecule has 1 aromatic rings. The Labute approximate surface area is 105 Å². The first-order valence-electron chi connectivity index (χ1n) is 5.97. The topological polar surface area (TPSA) is 69.5 Å². The molecule has 2 N–H and O–H groups in total. The number of hydrogen-bond acceptors (Lipinski definition) is 6. The fraction of sp³-hybridized carbons (Fsp3) is 0.818. The molecule has 2 rings (SSSR count). The summed E-state index contributed by atoms with van der Waals surface area (Å²) >= 11 is 1.38. The van der Waals surface area contributed by atoms with E-state index < -0.39 is 0 Å². The van der Waals surface area contributed by atoms with Gasteiger partial charge in [-0.25, -0.2) is 4.98 Å². The lowest BCUT2D eigenvalue weighted by Crippen LogP contribution is -2.32. The van der Waals surface area contributed by atoms with Gasteiger partial charge in [0.05, 0.1) is 12.6 Å². The molecule has 17 heavy (non-hydrogen) atoms. The van der Waals surface area contributed by atoms with Crippen molar-refractivity contribution in [3.63, 3.8) is 0 Å². The first-order valence-corrected chi connectivity index (χ1v) is 6.75. The van der Waals surface area contributed by atoms with Crippen LogP contribution in [-0.4, -0.2) is 45.4 Å². The first-order chi connectivity index (χ1) is 8.15. The standard InChI is InChI=1S/C11H19N3O2S/c1-7(2)10-12-11(17-13-10)14-4-8(5-15)3-9(14)6-16/h7-9,15-16H,3-6H2,1-2H3. The van der Waals surface area contributed by atoms with E-state index in [0.29, 0.717) is 5.92 Å². The Morgan fingerprint density at radius 2 is 2.18 bits per heavy atom. The molecular weight excluding hydrogens is 238 g/mol. The van der Waals surface area contributed by atoms with Gasteiger partial charge in [0.25, 0.3) is 0 Å². The number of nitrogens with zero attached hydrogens (tertiary/aromatic N) is 3. The van der Waals surface area contributed by atoms with Gasteiger partial charge in [-0.2, -0.15) is 4.37 Å². The molecule has 1 aliphatic heterocycles. The maximum absolute atomic E-state index is 9.36. The van der Waals surface area contributed by atoms with E-state index in [2.05, 4.69) is 28.1 Å². The average Bonchev–Trinajstić information content (AvgIpc) is 2.94. The Hall–Kier alpha value is -0.720. The minimum Gasteiger partial charge on any atom is -0.396 e. The molecule has 0 amide bonds. The van der Waals surface area contributed by atoms with Crippen molar-refractivity contribution in [2.24, 2.45) is 5.92 Å². The van der Waals surface area contributed by atoms with E-state index in [4.69, 9.17) is 0 Å². The summed E-state index contributed by atoms with van der Waals surface area (Å²) in [5.74, 6) is 1.41. The summed E-state index contributed by atoms with van der Waals surface area (Å²) in [6.07, 6.45) is 0.823. The molecule has 5 nitrogen and oxygen atoms in total. The molecule has 1 saturated heterocycles. The van der Waals surface area contributed by atoms with Crippen LogP contribution in [0.2, 0.25) is 0 Å². The van der Waals surface area contributed by atoms with Crippen LogP contribution in [0.4, 0.5) is 5.13 Å². The molecule has 0 aromatic carbocycles. The molecule has 1 fully saturated rings. The smallest absolute Gasteiger partial charge is 0.205 e. The van der Waals surface area contributed by atoms with Crippen LogP contribution < -0.4 is 4.90 Å². The summed E-state index contributed by atoms with van der Waals surface area (Å²) in [4.78, 5) is 6.57. The lowest BCUT2D eigenvalue weighted by atomic mass is 10.1. The van der Waals surface area contributed by atoms with E-state index in [9.17, 15) is 10.2 Å². The van der Waals surface area contributed by atoms with Crippen molar-refractivity contribution in [2.75, 3.05) is 24.7 Å². The van der Waals surface area contributed by atoms with Gasteiger partial charge >= 0.3 is 0 Å². The van der Waals surface area contributed by atoms with E-state index in [-0.39, 0.29) is 25.2 Å². The number of rotatable bonds is 4.